The van der Waals surface area contributed by atoms with E-state index >= 15 is 0 Å². The minimum atomic E-state index is -0.635. The normalized spacial score (nSPS) is 14.2. The molecule has 1 atom stereocenters. The topological polar surface area (TPSA) is 120 Å². The number of benzene rings is 4. The molecule has 0 aliphatic carbocycles. The molecule has 1 aliphatic heterocycles. The van der Waals surface area contributed by atoms with E-state index in [-0.39, 0.29) is 13.2 Å². The first kappa shape index (κ1) is 34.6. The zero-order valence-corrected chi connectivity index (χ0v) is 28.4. The van der Waals surface area contributed by atoms with Crippen molar-refractivity contribution in [2.24, 2.45) is 5.10 Å². The Bertz CT molecular complexity index is 1930. The number of methoxy groups -OCH3 is 1. The number of carbonyl (C=O) groups excluding carboxylic acids is 2. The van der Waals surface area contributed by atoms with Crippen LogP contribution in [-0.4, -0.2) is 43.5 Å². The molecule has 1 amide bonds. The van der Waals surface area contributed by atoms with Gasteiger partial charge in [-0.3, -0.25) is 4.79 Å². The number of ether oxygens (including phenoxy) is 4. The first-order chi connectivity index (χ1) is 23.8. The summed E-state index contributed by atoms with van der Waals surface area (Å²) in [5.74, 6) is 0.585. The summed E-state index contributed by atoms with van der Waals surface area (Å²) >= 11 is 5.35. The van der Waals surface area contributed by atoms with Crippen molar-refractivity contribution < 1.29 is 28.5 Å². The van der Waals surface area contributed by atoms with Gasteiger partial charge in [0, 0.05) is 16.8 Å². The third kappa shape index (κ3) is 8.43. The molecule has 1 heterocycles. The molecule has 11 heteroatoms. The van der Waals surface area contributed by atoms with Gasteiger partial charge in [-0.25, -0.2) is 10.2 Å². The van der Waals surface area contributed by atoms with Gasteiger partial charge in [0.25, 0.3) is 5.91 Å². The predicted molar refractivity (Wildman–Crippen MR) is 194 cm³/mol. The fraction of sp³-hybridized carbons (Fsp3) is 0.211. The summed E-state index contributed by atoms with van der Waals surface area (Å²) in [7, 11) is 1.58. The third-order valence-corrected chi connectivity index (χ3v) is 7.97. The maximum absolute atomic E-state index is 12.8. The van der Waals surface area contributed by atoms with Crippen LogP contribution in [0.3, 0.4) is 0 Å². The summed E-state index contributed by atoms with van der Waals surface area (Å²) in [4.78, 5) is 25.6. The Balaban J connectivity index is 1.26. The highest BCUT2D eigenvalue weighted by Gasteiger charge is 2.32. The summed E-state index contributed by atoms with van der Waals surface area (Å²) in [5.41, 5.74) is 6.69. The number of hydrogen-bond acceptors (Lipinski definition) is 8. The van der Waals surface area contributed by atoms with Crippen LogP contribution in [0, 0.1) is 0 Å². The van der Waals surface area contributed by atoms with Crippen molar-refractivity contribution in [2.45, 2.75) is 32.9 Å². The van der Waals surface area contributed by atoms with E-state index in [2.05, 4.69) is 45.9 Å². The van der Waals surface area contributed by atoms with E-state index in [4.69, 9.17) is 31.2 Å². The number of thiocarbonyl (C=S) groups is 1. The maximum atomic E-state index is 12.8. The molecule has 0 bridgehead atoms. The fourth-order valence-corrected chi connectivity index (χ4v) is 5.83. The van der Waals surface area contributed by atoms with Gasteiger partial charge in [-0.1, -0.05) is 66.7 Å². The van der Waals surface area contributed by atoms with E-state index in [9.17, 15) is 9.59 Å². The molecule has 10 nitrogen and oxygen atoms in total. The molecular formula is C38H38N4O6S. The lowest BCUT2D eigenvalue weighted by Crippen LogP contribution is -2.45. The smallest absolute Gasteiger partial charge is 0.338 e. The molecule has 3 N–H and O–H groups in total. The zero-order valence-electron chi connectivity index (χ0n) is 27.6. The summed E-state index contributed by atoms with van der Waals surface area (Å²) < 4.78 is 23.2. The Morgan fingerprint density at radius 2 is 1.78 bits per heavy atom. The quantitative estimate of drug-likeness (QED) is 0.0482. The second kappa shape index (κ2) is 16.4. The standard InChI is InChI=1S/C38H38N4O6S/c1-5-12-27-19-25(20-32(45-4)36(27)48-22-28-15-11-14-26-13-7-8-16-29(26)28)21-39-42-33(43)23-47-31-18-10-9-17-30(31)35-34(37(44)46-6-2)24(3)40-38(49)41-35/h5,7-11,13-21,35H,1,6,12,22-23H2,2-4H3,(H,42,43)(H2,40,41,49)/t35-/m0/s1. The average molecular weight is 679 g/mol. The number of nitrogens with zero attached hydrogens (tertiary/aromatic N) is 1. The Kier molecular flexibility index (Phi) is 11.6. The maximum Gasteiger partial charge on any atom is 0.338 e. The summed E-state index contributed by atoms with van der Waals surface area (Å²) in [6, 6.07) is 24.5. The van der Waals surface area contributed by atoms with Crippen LogP contribution in [0.5, 0.6) is 17.2 Å². The van der Waals surface area contributed by atoms with Crippen molar-refractivity contribution in [3.05, 3.63) is 125 Å². The van der Waals surface area contributed by atoms with Crippen molar-refractivity contribution >= 4 is 46.2 Å². The number of hydrazone groups is 1. The van der Waals surface area contributed by atoms with Crippen molar-refractivity contribution in [1.29, 1.82) is 0 Å². The molecule has 0 aromatic heterocycles. The second-order valence-electron chi connectivity index (χ2n) is 11.0. The number of carbonyl (C=O) groups is 2. The minimum absolute atomic E-state index is 0.220. The molecule has 0 radical (unpaired) electrons. The van der Waals surface area contributed by atoms with Gasteiger partial charge in [0.05, 0.1) is 31.5 Å². The van der Waals surface area contributed by atoms with Gasteiger partial charge in [0.2, 0.25) is 0 Å². The van der Waals surface area contributed by atoms with Gasteiger partial charge >= 0.3 is 5.97 Å². The Hall–Kier alpha value is -5.68. The predicted octanol–water partition coefficient (Wildman–Crippen LogP) is 6.04. The van der Waals surface area contributed by atoms with Crippen LogP contribution in [0.15, 0.2) is 108 Å². The summed E-state index contributed by atoms with van der Waals surface area (Å²) in [6.45, 7) is 7.64. The molecule has 1 aliphatic rings. The molecule has 4 aromatic rings. The molecule has 4 aromatic carbocycles. The van der Waals surface area contributed by atoms with Crippen molar-refractivity contribution in [3.63, 3.8) is 0 Å². The highest BCUT2D eigenvalue weighted by atomic mass is 32.1. The molecule has 49 heavy (non-hydrogen) atoms. The first-order valence-electron chi connectivity index (χ1n) is 15.7. The SMILES string of the molecule is C=CCc1cc(C=NNC(=O)COc2ccccc2[C@@H]2NC(=S)NC(C)=C2C(=O)OCC)cc(OC)c1OCc1cccc2ccccc12. The van der Waals surface area contributed by atoms with Gasteiger partial charge < -0.3 is 29.6 Å². The molecule has 5 rings (SSSR count). The van der Waals surface area contributed by atoms with Gasteiger partial charge in [-0.05, 0) is 72.6 Å². The van der Waals surface area contributed by atoms with Gasteiger partial charge in [-0.15, -0.1) is 6.58 Å². The largest absolute Gasteiger partial charge is 0.493 e. The molecule has 0 saturated carbocycles. The number of allylic oxidation sites excluding steroid dienone is 2. The minimum Gasteiger partial charge on any atom is -0.493 e. The summed E-state index contributed by atoms with van der Waals surface area (Å²) in [5, 5.41) is 12.9. The van der Waals surface area contributed by atoms with Crippen LogP contribution in [-0.2, 0) is 27.4 Å². The monoisotopic (exact) mass is 678 g/mol. The molecule has 252 valence electrons. The summed E-state index contributed by atoms with van der Waals surface area (Å²) in [6.07, 6.45) is 3.84. The highest BCUT2D eigenvalue weighted by molar-refractivity contribution is 7.80. The number of nitrogens with one attached hydrogen (secondary N) is 3. The lowest BCUT2D eigenvalue weighted by Gasteiger charge is -2.30. The first-order valence-corrected chi connectivity index (χ1v) is 16.1. The number of para-hydroxylation sites is 1. The van der Waals surface area contributed by atoms with E-state index in [1.54, 1.807) is 51.3 Å². The fourth-order valence-electron chi connectivity index (χ4n) is 5.56. The van der Waals surface area contributed by atoms with Crippen LogP contribution < -0.4 is 30.3 Å². The van der Waals surface area contributed by atoms with E-state index in [0.717, 1.165) is 21.9 Å². The van der Waals surface area contributed by atoms with E-state index < -0.39 is 17.9 Å². The Morgan fingerprint density at radius 1 is 1.00 bits per heavy atom. The molecule has 0 spiro atoms. The van der Waals surface area contributed by atoms with Crippen LogP contribution in [0.25, 0.3) is 10.8 Å². The van der Waals surface area contributed by atoms with Crippen molar-refractivity contribution in [1.82, 2.24) is 16.1 Å². The van der Waals surface area contributed by atoms with Crippen LogP contribution in [0.1, 0.15) is 42.1 Å². The number of amides is 1. The lowest BCUT2D eigenvalue weighted by atomic mass is 9.95. The van der Waals surface area contributed by atoms with E-state index in [0.29, 0.717) is 57.8 Å². The van der Waals surface area contributed by atoms with E-state index in [1.807, 2.05) is 36.4 Å². The average Bonchev–Trinajstić information content (AvgIpc) is 3.10. The van der Waals surface area contributed by atoms with Crippen LogP contribution in [0.4, 0.5) is 0 Å². The number of rotatable bonds is 14. The van der Waals surface area contributed by atoms with Gasteiger partial charge in [0.1, 0.15) is 12.4 Å². The molecule has 0 unspecified atom stereocenters. The number of hydrogen-bond donors (Lipinski definition) is 3. The van der Waals surface area contributed by atoms with E-state index in [1.165, 1.54) is 6.21 Å². The second-order valence-corrected chi connectivity index (χ2v) is 11.4. The third-order valence-electron chi connectivity index (χ3n) is 7.75. The molecule has 0 saturated heterocycles. The Labute approximate surface area is 290 Å². The molecular weight excluding hydrogens is 641 g/mol. The lowest BCUT2D eigenvalue weighted by molar-refractivity contribution is -0.139. The van der Waals surface area contributed by atoms with Gasteiger partial charge in [0.15, 0.2) is 23.2 Å². The van der Waals surface area contributed by atoms with Crippen molar-refractivity contribution in [3.8, 4) is 17.2 Å². The molecule has 0 fully saturated rings. The highest BCUT2D eigenvalue weighted by Crippen LogP contribution is 2.35. The van der Waals surface area contributed by atoms with Crippen LogP contribution in [0.2, 0.25) is 0 Å². The Morgan fingerprint density at radius 3 is 2.57 bits per heavy atom. The zero-order chi connectivity index (χ0) is 34.8. The van der Waals surface area contributed by atoms with Gasteiger partial charge in [-0.2, -0.15) is 5.10 Å². The van der Waals surface area contributed by atoms with Crippen molar-refractivity contribution in [2.75, 3.05) is 20.3 Å². The number of fused-ring (bicyclic) bond motifs is 1. The van der Waals surface area contributed by atoms with Crippen LogP contribution >= 0.6 is 12.2 Å². The number of esters is 1.